The number of alkyl halides is 3. The predicted octanol–water partition coefficient (Wildman–Crippen LogP) is 0.597. The Morgan fingerprint density at radius 3 is 2.70 bits per heavy atom. The number of imidazole rings is 1. The molecular weight excluding hydrogens is 375 g/mol. The van der Waals surface area contributed by atoms with Crippen LogP contribution in [0.3, 0.4) is 0 Å². The van der Waals surface area contributed by atoms with Crippen LogP contribution in [0.1, 0.15) is 19.6 Å². The summed E-state index contributed by atoms with van der Waals surface area (Å²) in [5.41, 5.74) is 4.03. The molecule has 27 heavy (non-hydrogen) atoms. The lowest BCUT2D eigenvalue weighted by Crippen LogP contribution is -2.35. The van der Waals surface area contributed by atoms with Gasteiger partial charge in [0.05, 0.1) is 13.7 Å². The van der Waals surface area contributed by atoms with Crippen molar-refractivity contribution in [2.24, 2.45) is 0 Å². The van der Waals surface area contributed by atoms with Crippen LogP contribution in [-0.4, -0.2) is 51.1 Å². The average molecular weight is 391 g/mol. The van der Waals surface area contributed by atoms with Crippen LogP contribution in [0.5, 0.6) is 5.88 Å². The van der Waals surface area contributed by atoms with Crippen LogP contribution in [0, 0.1) is 0 Å². The maximum absolute atomic E-state index is 13.0. The van der Waals surface area contributed by atoms with Gasteiger partial charge in [-0.25, -0.2) is 9.36 Å². The fourth-order valence-corrected chi connectivity index (χ4v) is 2.98. The Kier molecular flexibility index (Phi) is 4.71. The molecule has 2 atom stereocenters. The summed E-state index contributed by atoms with van der Waals surface area (Å²) in [7, 11) is 1.18. The maximum Gasteiger partial charge on any atom is 0.406 e. The van der Waals surface area contributed by atoms with E-state index in [-0.39, 0.29) is 36.0 Å². The van der Waals surface area contributed by atoms with Crippen molar-refractivity contribution in [1.29, 1.82) is 0 Å². The normalized spacial score (nSPS) is 20.2. The zero-order valence-corrected chi connectivity index (χ0v) is 14.3. The standard InChI is InChI=1S/C14H16F3N5O5/c1-6(23)27-7-3-4-26-11(7)22-9-8(10(25-2)20-12(18)19-9)21(13(22)24)5-14(15,16)17/h7,11H,3-5H2,1-2H3,(H2,18,19,20). The van der Waals surface area contributed by atoms with Crippen molar-refractivity contribution in [2.75, 3.05) is 19.5 Å². The number of rotatable bonds is 4. The van der Waals surface area contributed by atoms with Gasteiger partial charge in [-0.15, -0.1) is 0 Å². The van der Waals surface area contributed by atoms with Gasteiger partial charge in [-0.05, 0) is 0 Å². The number of nitrogens with two attached hydrogens (primary N) is 1. The van der Waals surface area contributed by atoms with Gasteiger partial charge in [0, 0.05) is 13.3 Å². The molecule has 3 rings (SSSR count). The van der Waals surface area contributed by atoms with Gasteiger partial charge in [-0.2, -0.15) is 23.1 Å². The Labute approximate surface area is 149 Å². The van der Waals surface area contributed by atoms with E-state index in [1.165, 1.54) is 14.0 Å². The summed E-state index contributed by atoms with van der Waals surface area (Å²) < 4.78 is 55.9. The first kappa shape index (κ1) is 18.9. The number of carbonyl (C=O) groups is 1. The van der Waals surface area contributed by atoms with E-state index in [0.717, 1.165) is 4.57 Å². The lowest BCUT2D eigenvalue weighted by Gasteiger charge is -2.19. The minimum Gasteiger partial charge on any atom is -0.479 e. The molecule has 1 fully saturated rings. The minimum atomic E-state index is -4.69. The highest BCUT2D eigenvalue weighted by atomic mass is 19.4. The van der Waals surface area contributed by atoms with Crippen molar-refractivity contribution in [1.82, 2.24) is 19.1 Å². The van der Waals surface area contributed by atoms with E-state index in [9.17, 15) is 22.8 Å². The van der Waals surface area contributed by atoms with Crippen LogP contribution in [0.4, 0.5) is 19.1 Å². The molecule has 2 aromatic rings. The SMILES string of the molecule is COc1nc(N)nc2c1n(CC(F)(F)F)c(=O)n2C1OCCC1OC(C)=O. The Hall–Kier alpha value is -2.83. The van der Waals surface area contributed by atoms with E-state index >= 15 is 0 Å². The van der Waals surface area contributed by atoms with Crippen molar-refractivity contribution < 1.29 is 32.2 Å². The maximum atomic E-state index is 13.0. The number of halogens is 3. The molecule has 1 saturated heterocycles. The van der Waals surface area contributed by atoms with E-state index in [2.05, 4.69) is 9.97 Å². The van der Waals surface area contributed by atoms with Gasteiger partial charge < -0.3 is 19.9 Å². The molecule has 0 aliphatic carbocycles. The van der Waals surface area contributed by atoms with Crippen LogP contribution in [0.15, 0.2) is 4.79 Å². The summed E-state index contributed by atoms with van der Waals surface area (Å²) in [6.45, 7) is -0.281. The van der Waals surface area contributed by atoms with Crippen LogP contribution in [0.2, 0.25) is 0 Å². The van der Waals surface area contributed by atoms with Crippen LogP contribution in [0.25, 0.3) is 11.2 Å². The van der Waals surface area contributed by atoms with E-state index < -0.39 is 36.7 Å². The lowest BCUT2D eigenvalue weighted by atomic mass is 10.2. The molecule has 0 spiro atoms. The third-order valence-electron chi connectivity index (χ3n) is 3.90. The van der Waals surface area contributed by atoms with Gasteiger partial charge in [0.15, 0.2) is 17.4 Å². The molecule has 2 N–H and O–H groups in total. The lowest BCUT2D eigenvalue weighted by molar-refractivity contribution is -0.151. The summed E-state index contributed by atoms with van der Waals surface area (Å²) in [5, 5.41) is 0. The number of aromatic nitrogens is 4. The number of ether oxygens (including phenoxy) is 3. The first-order chi connectivity index (χ1) is 12.6. The van der Waals surface area contributed by atoms with E-state index in [0.29, 0.717) is 4.57 Å². The molecule has 2 aromatic heterocycles. The average Bonchev–Trinajstić information content (AvgIpc) is 3.08. The van der Waals surface area contributed by atoms with Crippen molar-refractivity contribution in [2.45, 2.75) is 38.4 Å². The van der Waals surface area contributed by atoms with E-state index in [4.69, 9.17) is 19.9 Å². The third-order valence-corrected chi connectivity index (χ3v) is 3.90. The van der Waals surface area contributed by atoms with Gasteiger partial charge in [0.1, 0.15) is 12.6 Å². The Balaban J connectivity index is 2.26. The van der Waals surface area contributed by atoms with Gasteiger partial charge >= 0.3 is 17.8 Å². The van der Waals surface area contributed by atoms with Crippen LogP contribution < -0.4 is 16.2 Å². The predicted molar refractivity (Wildman–Crippen MR) is 84.0 cm³/mol. The van der Waals surface area contributed by atoms with Crippen molar-refractivity contribution in [3.05, 3.63) is 10.5 Å². The zero-order valence-electron chi connectivity index (χ0n) is 14.3. The van der Waals surface area contributed by atoms with Gasteiger partial charge in [-0.1, -0.05) is 0 Å². The number of nitrogens with zero attached hydrogens (tertiary/aromatic N) is 4. The van der Waals surface area contributed by atoms with Crippen LogP contribution in [-0.2, 0) is 20.8 Å². The molecule has 0 amide bonds. The quantitative estimate of drug-likeness (QED) is 0.752. The minimum absolute atomic E-state index is 0.138. The van der Waals surface area contributed by atoms with Gasteiger partial charge in [-0.3, -0.25) is 9.36 Å². The molecule has 2 unspecified atom stereocenters. The number of hydrogen-bond acceptors (Lipinski definition) is 8. The fraction of sp³-hybridized carbons (Fsp3) is 0.571. The third kappa shape index (κ3) is 3.54. The second-order valence-electron chi connectivity index (χ2n) is 5.82. The molecule has 148 valence electrons. The first-order valence-electron chi connectivity index (χ1n) is 7.80. The number of anilines is 1. The Bertz CT molecular complexity index is 938. The highest BCUT2D eigenvalue weighted by Gasteiger charge is 2.39. The number of carbonyl (C=O) groups excluding carboxylic acids is 1. The number of esters is 1. The van der Waals surface area contributed by atoms with Crippen molar-refractivity contribution in [3.63, 3.8) is 0 Å². The molecule has 0 bridgehead atoms. The highest BCUT2D eigenvalue weighted by Crippen LogP contribution is 2.32. The second kappa shape index (κ2) is 6.72. The van der Waals surface area contributed by atoms with Crippen molar-refractivity contribution >= 4 is 23.1 Å². The monoisotopic (exact) mass is 391 g/mol. The largest absolute Gasteiger partial charge is 0.479 e. The number of fused-ring (bicyclic) bond motifs is 1. The molecule has 10 nitrogen and oxygen atoms in total. The van der Waals surface area contributed by atoms with E-state index in [1.807, 2.05) is 0 Å². The fourth-order valence-electron chi connectivity index (χ4n) is 2.98. The summed E-state index contributed by atoms with van der Waals surface area (Å²) in [6, 6.07) is 0. The topological polar surface area (TPSA) is 123 Å². The Morgan fingerprint density at radius 1 is 1.41 bits per heavy atom. The molecule has 0 saturated carbocycles. The summed E-state index contributed by atoms with van der Waals surface area (Å²) in [5.74, 6) is -1.21. The van der Waals surface area contributed by atoms with Gasteiger partial charge in [0.2, 0.25) is 11.8 Å². The number of nitrogen functional groups attached to an aromatic ring is 1. The highest BCUT2D eigenvalue weighted by molar-refractivity contribution is 5.78. The summed E-state index contributed by atoms with van der Waals surface area (Å²) in [4.78, 5) is 31.7. The van der Waals surface area contributed by atoms with Gasteiger partial charge in [0.25, 0.3) is 0 Å². The molecule has 13 heteroatoms. The molecule has 3 heterocycles. The molecule has 1 aliphatic heterocycles. The Morgan fingerprint density at radius 2 is 2.11 bits per heavy atom. The molecule has 0 radical (unpaired) electrons. The van der Waals surface area contributed by atoms with Crippen LogP contribution >= 0.6 is 0 Å². The summed E-state index contributed by atoms with van der Waals surface area (Å²) in [6.07, 6.45) is -6.45. The number of hydrogen-bond donors (Lipinski definition) is 1. The number of methoxy groups -OCH3 is 1. The molecule has 1 aliphatic rings. The summed E-state index contributed by atoms with van der Waals surface area (Å²) >= 11 is 0. The molecule has 0 aromatic carbocycles. The molecular formula is C14H16F3N5O5. The smallest absolute Gasteiger partial charge is 0.406 e. The second-order valence-corrected chi connectivity index (χ2v) is 5.82. The van der Waals surface area contributed by atoms with E-state index in [1.54, 1.807) is 0 Å². The first-order valence-corrected chi connectivity index (χ1v) is 7.80. The van der Waals surface area contributed by atoms with Crippen molar-refractivity contribution in [3.8, 4) is 5.88 Å². The zero-order chi connectivity index (χ0) is 19.9.